The fourth-order valence-electron chi connectivity index (χ4n) is 13.1. The smallest absolute Gasteiger partial charge is 0.412 e. The quantitative estimate of drug-likeness (QED) is 0.0294. The molecular formula is C73H91N7O25. The van der Waals surface area contributed by atoms with Gasteiger partial charge in [-0.3, -0.25) is 9.69 Å². The molecule has 5 heterocycles. The SMILES string of the molecule is CC(C)(C)OC(=O)N1CC(O)(C(=O)N[C@@H]2C[C@H](NC(=O)OCc3ccccc3)[C@@H](O[C@H]3O[C@H](CNCCO)[C@@H](O)C[C@H]3NC(=O)OCc3ccccc3)[C@H](O[C@@H]3O[C@H](CO)[C@@H](O[C@H]4O[C@H]5CN(C(=O)OCc6ccccc6)C(c6ccccc6)O[C@H]5[C@H](O)[C@H]4NC(=O)OCc4ccccc4)[C@H]3O)[C@H]2O)C1. The predicted octanol–water partition coefficient (Wildman–Crippen LogP) is 2.22. The maximum Gasteiger partial charge on any atom is 0.412 e. The molecule has 12 N–H and O–H groups in total. The molecule has 32 heteroatoms. The number of fused-ring (bicyclic) bond motifs is 1. The number of amides is 6. The number of ether oxygens (including phenoxy) is 12. The molecule has 5 aliphatic heterocycles. The fourth-order valence-corrected chi connectivity index (χ4v) is 13.1. The van der Waals surface area contributed by atoms with Gasteiger partial charge in [0.1, 0.15) is 93.0 Å². The van der Waals surface area contributed by atoms with Gasteiger partial charge in [-0.15, -0.1) is 0 Å². The van der Waals surface area contributed by atoms with E-state index in [0.717, 1.165) is 4.90 Å². The minimum atomic E-state index is -2.26. The summed E-state index contributed by atoms with van der Waals surface area (Å²) in [7, 11) is 0. The van der Waals surface area contributed by atoms with Gasteiger partial charge >= 0.3 is 30.5 Å². The summed E-state index contributed by atoms with van der Waals surface area (Å²) in [6.45, 7) is 1.45. The molecule has 19 atom stereocenters. The molecule has 1 saturated carbocycles. The molecule has 105 heavy (non-hydrogen) atoms. The molecule has 6 fully saturated rings. The lowest BCUT2D eigenvalue weighted by Gasteiger charge is -2.51. The minimum absolute atomic E-state index is 0.0686. The summed E-state index contributed by atoms with van der Waals surface area (Å²) < 4.78 is 74.3. The molecule has 568 valence electrons. The van der Waals surface area contributed by atoms with E-state index in [1.165, 1.54) is 4.90 Å². The highest BCUT2D eigenvalue weighted by atomic mass is 16.8. The summed E-state index contributed by atoms with van der Waals surface area (Å²) in [4.78, 5) is 86.2. The summed E-state index contributed by atoms with van der Waals surface area (Å²) in [5.74, 6) is -1.09. The van der Waals surface area contributed by atoms with E-state index in [9.17, 15) is 64.5 Å². The van der Waals surface area contributed by atoms with Crippen LogP contribution in [-0.2, 0) is 88.1 Å². The van der Waals surface area contributed by atoms with Crippen LogP contribution in [0, 0.1) is 0 Å². The van der Waals surface area contributed by atoms with Gasteiger partial charge in [-0.05, 0) is 49.4 Å². The van der Waals surface area contributed by atoms with E-state index in [2.05, 4.69) is 26.6 Å². The molecule has 0 radical (unpaired) electrons. The number of aliphatic hydroxyl groups excluding tert-OH is 6. The topological polar surface area (TPSA) is 421 Å². The molecule has 5 saturated heterocycles. The van der Waals surface area contributed by atoms with E-state index >= 15 is 0 Å². The zero-order valence-corrected chi connectivity index (χ0v) is 58.0. The van der Waals surface area contributed by atoms with Gasteiger partial charge in [0, 0.05) is 25.1 Å². The Kier molecular flexibility index (Phi) is 26.3. The Bertz CT molecular complexity index is 3630. The first-order valence-electron chi connectivity index (χ1n) is 34.7. The lowest BCUT2D eigenvalue weighted by molar-refractivity contribution is -0.323. The number of β-amino-alcohol motifs (C(OH)–C–C–N with tert-alkyl or cyclic N) is 1. The number of carbonyl (C=O) groups is 6. The predicted molar refractivity (Wildman–Crippen MR) is 364 cm³/mol. The fraction of sp³-hybridized carbons (Fsp3) is 0.507. The lowest BCUT2D eigenvalue weighted by Crippen LogP contribution is -2.73. The molecule has 32 nitrogen and oxygen atoms in total. The number of likely N-dealkylation sites (tertiary alicyclic amines) is 1. The first kappa shape index (κ1) is 77.4. The number of alkyl carbamates (subject to hydrolysis) is 3. The van der Waals surface area contributed by atoms with Crippen molar-refractivity contribution in [1.29, 1.82) is 0 Å². The number of hydrogen-bond acceptors (Lipinski definition) is 26. The summed E-state index contributed by atoms with van der Waals surface area (Å²) >= 11 is 0. The van der Waals surface area contributed by atoms with Crippen LogP contribution in [0.5, 0.6) is 0 Å². The van der Waals surface area contributed by atoms with Gasteiger partial charge in [-0.25, -0.2) is 24.0 Å². The molecule has 6 aliphatic rings. The Hall–Kier alpha value is -8.68. The maximum atomic E-state index is 14.4. The number of nitrogens with zero attached hydrogens (tertiary/aromatic N) is 2. The highest BCUT2D eigenvalue weighted by Crippen LogP contribution is 2.40. The number of rotatable bonds is 25. The molecule has 11 rings (SSSR count). The summed E-state index contributed by atoms with van der Waals surface area (Å²) in [5, 5.41) is 96.3. The third-order valence-corrected chi connectivity index (χ3v) is 18.5. The van der Waals surface area contributed by atoms with E-state index in [1.54, 1.807) is 166 Å². The minimum Gasteiger partial charge on any atom is -0.445 e. The third kappa shape index (κ3) is 20.1. The van der Waals surface area contributed by atoms with Gasteiger partial charge in [-0.2, -0.15) is 0 Å². The summed E-state index contributed by atoms with van der Waals surface area (Å²) in [6, 6.07) is 37.6. The zero-order valence-electron chi connectivity index (χ0n) is 58.0. The van der Waals surface area contributed by atoms with Crippen LogP contribution < -0.4 is 26.6 Å². The van der Waals surface area contributed by atoms with Crippen molar-refractivity contribution in [3.05, 3.63) is 179 Å². The van der Waals surface area contributed by atoms with Crippen molar-refractivity contribution in [2.75, 3.05) is 45.9 Å². The van der Waals surface area contributed by atoms with Crippen LogP contribution in [0.3, 0.4) is 0 Å². The summed E-state index contributed by atoms with van der Waals surface area (Å²) in [6.07, 6.45) is -30.2. The second kappa shape index (κ2) is 35.6. The highest BCUT2D eigenvalue weighted by molar-refractivity contribution is 5.89. The largest absolute Gasteiger partial charge is 0.445 e. The van der Waals surface area contributed by atoms with Crippen molar-refractivity contribution in [2.24, 2.45) is 0 Å². The van der Waals surface area contributed by atoms with Crippen LogP contribution in [0.1, 0.15) is 67.7 Å². The first-order chi connectivity index (χ1) is 50.5. The van der Waals surface area contributed by atoms with Crippen LogP contribution >= 0.6 is 0 Å². The lowest BCUT2D eigenvalue weighted by atomic mass is 9.82. The van der Waals surface area contributed by atoms with Crippen molar-refractivity contribution in [1.82, 2.24) is 36.4 Å². The summed E-state index contributed by atoms with van der Waals surface area (Å²) in [5.41, 5.74) is -0.210. The molecule has 1 aliphatic carbocycles. The van der Waals surface area contributed by atoms with E-state index in [4.69, 9.17) is 56.8 Å². The van der Waals surface area contributed by atoms with Crippen molar-refractivity contribution in [3.63, 3.8) is 0 Å². The molecular weight excluding hydrogens is 1370 g/mol. The number of carbonyl (C=O) groups excluding carboxylic acids is 6. The van der Waals surface area contributed by atoms with Crippen LogP contribution in [-0.4, -0.2) is 249 Å². The van der Waals surface area contributed by atoms with Crippen molar-refractivity contribution in [3.8, 4) is 0 Å². The molecule has 5 aromatic rings. The average molecular weight is 1470 g/mol. The van der Waals surface area contributed by atoms with Gasteiger partial charge in [0.2, 0.25) is 0 Å². The molecule has 0 spiro atoms. The van der Waals surface area contributed by atoms with Crippen LogP contribution in [0.2, 0.25) is 0 Å². The Labute approximate surface area is 604 Å². The third-order valence-electron chi connectivity index (χ3n) is 18.5. The van der Waals surface area contributed by atoms with Crippen LogP contribution in [0.4, 0.5) is 24.0 Å². The standard InChI is InChI=1S/C73H91N7O25/c1-72(2,3)105-70(91)79-40-73(93,41-79)66(87)75-47-31-48(76-67(88)94-36-42-19-9-4-10-20-42)58(102-63-49(32-50(83)51(98-63)33-74-29-30-81)77-68(89)95-37-43-21-11-5-12-22-43)61(55(47)84)104-65-57(86)60(53(35-82)100-65)103-64-54(78-69(90)96-38-44-23-13-6-14-24-44)56(85)59-52(99-64)34-80(62(101-59)46-27-17-8-18-28-46)71(92)97-39-45-25-15-7-16-26-45/h4-28,47-65,74,81-86,93H,29-41H2,1-3H3,(H,75,87)(H,76,88)(H,77,89)(H,78,90)/t47-,48+,49-,50+,51-,52+,53-,54-,55+,56-,57-,58-,59-,60-,61-,62?,63-,64-,65+/m1/s1. The number of hydrogen-bond donors (Lipinski definition) is 12. The van der Waals surface area contributed by atoms with Gasteiger partial charge in [0.05, 0.1) is 63.2 Å². The second-order valence-electron chi connectivity index (χ2n) is 27.4. The normalized spacial score (nSPS) is 29.9. The van der Waals surface area contributed by atoms with Gasteiger partial charge in [-0.1, -0.05) is 152 Å². The maximum absolute atomic E-state index is 14.4. The van der Waals surface area contributed by atoms with Gasteiger partial charge < -0.3 is 124 Å². The van der Waals surface area contributed by atoms with Crippen molar-refractivity contribution < 1.29 is 121 Å². The first-order valence-corrected chi connectivity index (χ1v) is 34.7. The molecule has 6 amide bonds. The molecule has 1 unspecified atom stereocenters. The Morgan fingerprint density at radius 2 is 1.03 bits per heavy atom. The van der Waals surface area contributed by atoms with Crippen molar-refractivity contribution in [2.45, 2.75) is 188 Å². The van der Waals surface area contributed by atoms with E-state index in [1.807, 2.05) is 6.07 Å². The Morgan fingerprint density at radius 3 is 1.57 bits per heavy atom. The number of benzene rings is 5. The molecule has 0 bridgehead atoms. The Balaban J connectivity index is 0.915. The van der Waals surface area contributed by atoms with Crippen molar-refractivity contribution >= 4 is 36.4 Å². The monoisotopic (exact) mass is 1470 g/mol. The number of aliphatic hydroxyl groups is 7. The van der Waals surface area contributed by atoms with Gasteiger partial charge in [0.15, 0.2) is 30.7 Å². The average Bonchev–Trinajstić information content (AvgIpc) is 1.75. The van der Waals surface area contributed by atoms with E-state index in [-0.39, 0.29) is 59.1 Å². The van der Waals surface area contributed by atoms with E-state index in [0.29, 0.717) is 27.8 Å². The molecule has 0 aromatic heterocycles. The van der Waals surface area contributed by atoms with Gasteiger partial charge in [0.25, 0.3) is 5.91 Å². The Morgan fingerprint density at radius 1 is 0.524 bits per heavy atom. The second-order valence-corrected chi connectivity index (χ2v) is 27.4. The zero-order chi connectivity index (χ0) is 74.4. The number of nitrogens with one attached hydrogen (secondary N) is 5. The highest BCUT2D eigenvalue weighted by Gasteiger charge is 2.59. The molecule has 5 aromatic carbocycles. The van der Waals surface area contributed by atoms with Crippen LogP contribution in [0.15, 0.2) is 152 Å². The van der Waals surface area contributed by atoms with E-state index < -0.39 is 190 Å². The van der Waals surface area contributed by atoms with Crippen LogP contribution in [0.25, 0.3) is 0 Å².